The number of β-amino-alcohol motifs (C(OH)–C–C–N with tert-alkyl or cyclic N) is 1. The van der Waals surface area contributed by atoms with Gasteiger partial charge in [-0.2, -0.15) is 0 Å². The normalized spacial score (nSPS) is 16.4. The highest BCUT2D eigenvalue weighted by atomic mass is 19.1. The lowest BCUT2D eigenvalue weighted by molar-refractivity contribution is 0.00716. The second-order valence-corrected chi connectivity index (χ2v) is 9.09. The maximum absolute atomic E-state index is 13.9. The van der Waals surface area contributed by atoms with Gasteiger partial charge in [0, 0.05) is 32.7 Å². The molecule has 170 valence electrons. The molecule has 6 heteroatoms. The molecular formula is C25H35FN2O3. The van der Waals surface area contributed by atoms with Crippen LogP contribution in [0.3, 0.4) is 0 Å². The van der Waals surface area contributed by atoms with E-state index in [4.69, 9.17) is 9.47 Å². The molecule has 0 aromatic heterocycles. The van der Waals surface area contributed by atoms with E-state index in [0.29, 0.717) is 25.4 Å². The maximum Gasteiger partial charge on any atom is 0.146 e. The van der Waals surface area contributed by atoms with Gasteiger partial charge in [-0.3, -0.25) is 4.90 Å². The first-order chi connectivity index (χ1) is 14.8. The number of aliphatic hydroxyl groups excluding tert-OH is 1. The highest BCUT2D eigenvalue weighted by Crippen LogP contribution is 2.24. The van der Waals surface area contributed by atoms with Crippen LogP contribution < -0.4 is 9.64 Å². The summed E-state index contributed by atoms with van der Waals surface area (Å²) in [5.41, 5.74) is 2.05. The van der Waals surface area contributed by atoms with Crippen molar-refractivity contribution in [3.05, 3.63) is 59.9 Å². The monoisotopic (exact) mass is 430 g/mol. The third kappa shape index (κ3) is 7.20. The van der Waals surface area contributed by atoms with E-state index >= 15 is 0 Å². The fourth-order valence-electron chi connectivity index (χ4n) is 3.72. The van der Waals surface area contributed by atoms with Crippen molar-refractivity contribution < 1.29 is 19.0 Å². The topological polar surface area (TPSA) is 45.2 Å². The molecule has 1 saturated heterocycles. The van der Waals surface area contributed by atoms with Crippen LogP contribution in [0.1, 0.15) is 26.3 Å². The molecule has 0 amide bonds. The van der Waals surface area contributed by atoms with Crippen LogP contribution in [0.25, 0.3) is 0 Å². The van der Waals surface area contributed by atoms with Crippen LogP contribution in [-0.4, -0.2) is 68.7 Å². The van der Waals surface area contributed by atoms with Crippen molar-refractivity contribution in [3.63, 3.8) is 0 Å². The van der Waals surface area contributed by atoms with Crippen molar-refractivity contribution in [2.45, 2.75) is 32.3 Å². The Balaban J connectivity index is 1.29. The number of hydrogen-bond donors (Lipinski definition) is 1. The second kappa shape index (κ2) is 10.9. The predicted octanol–water partition coefficient (Wildman–Crippen LogP) is 3.70. The van der Waals surface area contributed by atoms with Crippen LogP contribution in [0, 0.1) is 5.82 Å². The first kappa shape index (κ1) is 23.5. The Morgan fingerprint density at radius 2 is 1.65 bits per heavy atom. The summed E-state index contributed by atoms with van der Waals surface area (Å²) >= 11 is 0. The van der Waals surface area contributed by atoms with Crippen molar-refractivity contribution in [2.75, 3.05) is 57.4 Å². The van der Waals surface area contributed by atoms with E-state index < -0.39 is 6.10 Å². The van der Waals surface area contributed by atoms with Gasteiger partial charge in [0.15, 0.2) is 0 Å². The lowest BCUT2D eigenvalue weighted by Crippen LogP contribution is -2.49. The van der Waals surface area contributed by atoms with Gasteiger partial charge in [0.25, 0.3) is 0 Å². The molecule has 31 heavy (non-hydrogen) atoms. The average Bonchev–Trinajstić information content (AvgIpc) is 2.74. The van der Waals surface area contributed by atoms with Crippen LogP contribution in [0.5, 0.6) is 5.75 Å². The molecule has 1 fully saturated rings. The van der Waals surface area contributed by atoms with E-state index in [2.05, 4.69) is 42.7 Å². The zero-order valence-corrected chi connectivity index (χ0v) is 18.9. The maximum atomic E-state index is 13.9. The standard InChI is InChI=1S/C25H35FN2O3/c1-25(2,3)20-8-10-22(11-9-20)31-17-16-30-19-21(29)18-27-12-14-28(15-13-27)24-7-5-4-6-23(24)26/h4-11,21,29H,12-19H2,1-3H3/t21-/m0/s1. The van der Waals surface area contributed by atoms with Crippen LogP contribution >= 0.6 is 0 Å². The fourth-order valence-corrected chi connectivity index (χ4v) is 3.72. The fraction of sp³-hybridized carbons (Fsp3) is 0.520. The Kier molecular flexibility index (Phi) is 8.29. The SMILES string of the molecule is CC(C)(C)c1ccc(OCCOC[C@@H](O)CN2CCN(c3ccccc3F)CC2)cc1. The van der Waals surface area contributed by atoms with Crippen LogP contribution in [0.4, 0.5) is 10.1 Å². The van der Waals surface area contributed by atoms with Gasteiger partial charge < -0.3 is 19.5 Å². The molecule has 0 saturated carbocycles. The lowest BCUT2D eigenvalue weighted by Gasteiger charge is -2.36. The zero-order valence-electron chi connectivity index (χ0n) is 18.9. The largest absolute Gasteiger partial charge is 0.491 e. The Morgan fingerprint density at radius 3 is 2.29 bits per heavy atom. The van der Waals surface area contributed by atoms with Gasteiger partial charge in [-0.1, -0.05) is 45.0 Å². The molecule has 0 spiro atoms. The summed E-state index contributed by atoms with van der Waals surface area (Å²) < 4.78 is 25.2. The number of piperazine rings is 1. The first-order valence-corrected chi connectivity index (χ1v) is 11.0. The molecule has 2 aromatic rings. The molecule has 0 unspecified atom stereocenters. The average molecular weight is 431 g/mol. The minimum Gasteiger partial charge on any atom is -0.491 e. The van der Waals surface area contributed by atoms with E-state index in [1.807, 2.05) is 24.3 Å². The second-order valence-electron chi connectivity index (χ2n) is 9.09. The van der Waals surface area contributed by atoms with E-state index in [-0.39, 0.29) is 17.8 Å². The Hall–Kier alpha value is -2.15. The van der Waals surface area contributed by atoms with Gasteiger partial charge >= 0.3 is 0 Å². The van der Waals surface area contributed by atoms with Gasteiger partial charge in [-0.25, -0.2) is 4.39 Å². The highest BCUT2D eigenvalue weighted by molar-refractivity contribution is 5.48. The Morgan fingerprint density at radius 1 is 0.968 bits per heavy atom. The number of rotatable bonds is 9. The molecule has 1 atom stereocenters. The van der Waals surface area contributed by atoms with E-state index in [0.717, 1.165) is 31.9 Å². The molecule has 3 rings (SSSR count). The van der Waals surface area contributed by atoms with Gasteiger partial charge in [0.1, 0.15) is 18.2 Å². The zero-order chi connectivity index (χ0) is 22.3. The van der Waals surface area contributed by atoms with Crippen LogP contribution in [-0.2, 0) is 10.2 Å². The molecule has 0 radical (unpaired) electrons. The van der Waals surface area contributed by atoms with E-state index in [1.165, 1.54) is 11.6 Å². The van der Waals surface area contributed by atoms with Gasteiger partial charge in [-0.15, -0.1) is 0 Å². The highest BCUT2D eigenvalue weighted by Gasteiger charge is 2.21. The van der Waals surface area contributed by atoms with E-state index in [1.54, 1.807) is 6.07 Å². The molecule has 5 nitrogen and oxygen atoms in total. The van der Waals surface area contributed by atoms with Gasteiger partial charge in [-0.05, 0) is 35.2 Å². The summed E-state index contributed by atoms with van der Waals surface area (Å²) in [6.07, 6.45) is -0.550. The quantitative estimate of drug-likeness (QED) is 0.615. The Labute approximate surface area is 185 Å². The number of benzene rings is 2. The number of ether oxygens (including phenoxy) is 2. The lowest BCUT2D eigenvalue weighted by atomic mass is 9.87. The predicted molar refractivity (Wildman–Crippen MR) is 123 cm³/mol. The molecule has 1 aliphatic rings. The van der Waals surface area contributed by atoms with Crippen molar-refractivity contribution in [1.82, 2.24) is 4.90 Å². The number of anilines is 1. The smallest absolute Gasteiger partial charge is 0.146 e. The van der Waals surface area contributed by atoms with Crippen LogP contribution in [0.2, 0.25) is 0 Å². The number of halogens is 1. The number of hydrogen-bond acceptors (Lipinski definition) is 5. The van der Waals surface area contributed by atoms with Crippen molar-refractivity contribution in [3.8, 4) is 5.75 Å². The van der Waals surface area contributed by atoms with E-state index in [9.17, 15) is 9.50 Å². The summed E-state index contributed by atoms with van der Waals surface area (Å²) in [5, 5.41) is 10.3. The molecule has 2 aromatic carbocycles. The van der Waals surface area contributed by atoms with Crippen LogP contribution in [0.15, 0.2) is 48.5 Å². The summed E-state index contributed by atoms with van der Waals surface area (Å²) in [5.74, 6) is 0.640. The molecule has 0 bridgehead atoms. The minimum absolute atomic E-state index is 0.127. The van der Waals surface area contributed by atoms with Gasteiger partial charge in [0.05, 0.1) is 25.0 Å². The van der Waals surface area contributed by atoms with Crippen molar-refractivity contribution in [2.24, 2.45) is 0 Å². The molecular weight excluding hydrogens is 395 g/mol. The molecule has 1 N–H and O–H groups in total. The van der Waals surface area contributed by atoms with Crippen molar-refractivity contribution in [1.29, 1.82) is 0 Å². The van der Waals surface area contributed by atoms with Gasteiger partial charge in [0.2, 0.25) is 0 Å². The molecule has 0 aliphatic carbocycles. The third-order valence-corrected chi connectivity index (χ3v) is 5.56. The van der Waals surface area contributed by atoms with Crippen molar-refractivity contribution >= 4 is 5.69 Å². The number of aliphatic hydroxyl groups is 1. The Bertz CT molecular complexity index is 799. The first-order valence-electron chi connectivity index (χ1n) is 11.0. The number of nitrogens with zero attached hydrogens (tertiary/aromatic N) is 2. The summed E-state index contributed by atoms with van der Waals surface area (Å²) in [4.78, 5) is 4.25. The minimum atomic E-state index is -0.550. The summed E-state index contributed by atoms with van der Waals surface area (Å²) in [7, 11) is 0. The number of para-hydroxylation sites is 1. The molecule has 1 aliphatic heterocycles. The third-order valence-electron chi connectivity index (χ3n) is 5.56. The summed E-state index contributed by atoms with van der Waals surface area (Å²) in [6.45, 7) is 11.3. The molecule has 1 heterocycles. The summed E-state index contributed by atoms with van der Waals surface area (Å²) in [6, 6.07) is 15.0.